The second-order valence-electron chi connectivity index (χ2n) is 2.85. The van der Waals surface area contributed by atoms with E-state index in [1.807, 2.05) is 10.6 Å². The van der Waals surface area contributed by atoms with Gasteiger partial charge < -0.3 is 4.57 Å². The molecule has 12 heavy (non-hydrogen) atoms. The third kappa shape index (κ3) is 1.25. The Morgan fingerprint density at radius 2 is 2.33 bits per heavy atom. The average Bonchev–Trinajstić information content (AvgIpc) is 2.32. The van der Waals surface area contributed by atoms with Crippen LogP contribution in [-0.2, 0) is 6.54 Å². The van der Waals surface area contributed by atoms with Crippen LogP contribution >= 0.6 is 38.5 Å². The Morgan fingerprint density at radius 3 is 3.00 bits per heavy atom. The van der Waals surface area contributed by atoms with Crippen LogP contribution in [0.1, 0.15) is 23.3 Å². The minimum absolute atomic E-state index is 0.268. The van der Waals surface area contributed by atoms with Crippen LogP contribution in [0.5, 0.6) is 0 Å². The zero-order valence-corrected chi connectivity index (χ0v) is 10.1. The van der Waals surface area contributed by atoms with Gasteiger partial charge in [-0.05, 0) is 51.0 Å². The molecule has 0 aliphatic carbocycles. The topological polar surface area (TPSA) is 22.0 Å². The Hall–Kier alpha value is 0.160. The van der Waals surface area contributed by atoms with Gasteiger partial charge in [-0.1, -0.05) is 0 Å². The number of carbonyl (C=O) groups excluding carboxylic acids is 1. The fourth-order valence-corrected chi connectivity index (χ4v) is 2.54. The highest BCUT2D eigenvalue weighted by molar-refractivity contribution is 14.1. The SMILES string of the molecule is O=C1CCCn2c1cc(I)c2Br. The van der Waals surface area contributed by atoms with Gasteiger partial charge in [-0.15, -0.1) is 0 Å². The molecule has 2 rings (SSSR count). The summed E-state index contributed by atoms with van der Waals surface area (Å²) in [6.45, 7) is 0.963. The van der Waals surface area contributed by atoms with Gasteiger partial charge in [0.25, 0.3) is 0 Å². The van der Waals surface area contributed by atoms with Gasteiger partial charge in [-0.2, -0.15) is 0 Å². The third-order valence-corrected chi connectivity index (χ3v) is 4.48. The van der Waals surface area contributed by atoms with Crippen LogP contribution in [0.2, 0.25) is 0 Å². The summed E-state index contributed by atoms with van der Waals surface area (Å²) in [5, 5.41) is 0. The Balaban J connectivity index is 2.60. The molecule has 0 atom stereocenters. The van der Waals surface area contributed by atoms with Crippen molar-refractivity contribution >= 4 is 44.3 Å². The first-order chi connectivity index (χ1) is 5.70. The van der Waals surface area contributed by atoms with Gasteiger partial charge in [0.15, 0.2) is 5.78 Å². The third-order valence-electron chi connectivity index (χ3n) is 2.06. The molecule has 0 bridgehead atoms. The van der Waals surface area contributed by atoms with Crippen molar-refractivity contribution in [3.8, 4) is 0 Å². The Bertz CT molecular complexity index is 345. The minimum Gasteiger partial charge on any atom is -0.332 e. The van der Waals surface area contributed by atoms with Crippen molar-refractivity contribution in [3.63, 3.8) is 0 Å². The Labute approximate surface area is 92.6 Å². The molecule has 1 aliphatic heterocycles. The predicted molar refractivity (Wildman–Crippen MR) is 58.4 cm³/mol. The van der Waals surface area contributed by atoms with Crippen molar-refractivity contribution in [1.82, 2.24) is 4.57 Å². The number of rotatable bonds is 0. The van der Waals surface area contributed by atoms with E-state index in [-0.39, 0.29) is 5.78 Å². The number of fused-ring (bicyclic) bond motifs is 1. The van der Waals surface area contributed by atoms with Crippen LogP contribution in [0.4, 0.5) is 0 Å². The maximum Gasteiger partial charge on any atom is 0.179 e. The molecule has 0 aromatic carbocycles. The van der Waals surface area contributed by atoms with Gasteiger partial charge in [-0.25, -0.2) is 0 Å². The zero-order chi connectivity index (χ0) is 8.72. The van der Waals surface area contributed by atoms with Gasteiger partial charge >= 0.3 is 0 Å². The molecule has 0 unspecified atom stereocenters. The molecule has 1 aliphatic rings. The highest BCUT2D eigenvalue weighted by Gasteiger charge is 2.20. The van der Waals surface area contributed by atoms with Gasteiger partial charge in [-0.3, -0.25) is 4.79 Å². The first-order valence-electron chi connectivity index (χ1n) is 3.78. The lowest BCUT2D eigenvalue weighted by molar-refractivity contribution is 0.0954. The molecule has 0 radical (unpaired) electrons. The number of ketones is 1. The molecule has 0 fully saturated rings. The van der Waals surface area contributed by atoms with Crippen LogP contribution in [-0.4, -0.2) is 10.4 Å². The van der Waals surface area contributed by atoms with E-state index in [0.717, 1.165) is 26.8 Å². The second-order valence-corrected chi connectivity index (χ2v) is 4.76. The largest absolute Gasteiger partial charge is 0.332 e. The summed E-state index contributed by atoms with van der Waals surface area (Å²) >= 11 is 5.70. The van der Waals surface area contributed by atoms with E-state index in [2.05, 4.69) is 38.5 Å². The molecule has 0 saturated carbocycles. The molecule has 0 saturated heterocycles. The van der Waals surface area contributed by atoms with Crippen LogP contribution in [0.3, 0.4) is 0 Å². The molecule has 0 N–H and O–H groups in total. The normalized spacial score (nSPS) is 16.3. The lowest BCUT2D eigenvalue weighted by atomic mass is 10.1. The van der Waals surface area contributed by atoms with Crippen molar-refractivity contribution in [2.75, 3.05) is 0 Å². The molecule has 0 amide bonds. The highest BCUT2D eigenvalue weighted by atomic mass is 127. The summed E-state index contributed by atoms with van der Waals surface area (Å²) < 4.78 is 4.22. The average molecular weight is 340 g/mol. The summed E-state index contributed by atoms with van der Waals surface area (Å²) in [5.41, 5.74) is 0.859. The molecule has 1 aromatic rings. The number of halogens is 2. The maximum atomic E-state index is 11.4. The maximum absolute atomic E-state index is 11.4. The molecule has 2 nitrogen and oxygen atoms in total. The lowest BCUT2D eigenvalue weighted by Gasteiger charge is -2.14. The minimum atomic E-state index is 0.268. The number of carbonyl (C=O) groups is 1. The van der Waals surface area contributed by atoms with E-state index in [1.54, 1.807) is 0 Å². The summed E-state index contributed by atoms with van der Waals surface area (Å²) in [4.78, 5) is 11.4. The summed E-state index contributed by atoms with van der Waals surface area (Å²) in [6, 6.07) is 1.95. The summed E-state index contributed by atoms with van der Waals surface area (Å²) in [5.74, 6) is 0.268. The van der Waals surface area contributed by atoms with Crippen molar-refractivity contribution < 1.29 is 4.79 Å². The second kappa shape index (κ2) is 3.14. The predicted octanol–water partition coefficient (Wildman–Crippen LogP) is 2.83. The van der Waals surface area contributed by atoms with E-state index in [0.29, 0.717) is 6.42 Å². The first kappa shape index (κ1) is 8.74. The van der Waals surface area contributed by atoms with Crippen molar-refractivity contribution in [3.05, 3.63) is 19.9 Å². The van der Waals surface area contributed by atoms with E-state index in [9.17, 15) is 4.79 Å². The zero-order valence-electron chi connectivity index (χ0n) is 6.31. The van der Waals surface area contributed by atoms with Crippen LogP contribution in [0.15, 0.2) is 10.7 Å². The van der Waals surface area contributed by atoms with Gasteiger partial charge in [0, 0.05) is 16.5 Å². The molecular formula is C8H7BrINO. The van der Waals surface area contributed by atoms with Gasteiger partial charge in [0.1, 0.15) is 0 Å². The smallest absolute Gasteiger partial charge is 0.179 e. The van der Waals surface area contributed by atoms with Crippen molar-refractivity contribution in [2.45, 2.75) is 19.4 Å². The standard InChI is InChI=1S/C8H7BrINO/c9-8-5(10)4-6-7(12)2-1-3-11(6)8/h4H,1-3H2. The number of Topliss-reactive ketones (excluding diaryl/α,β-unsaturated/α-hetero) is 1. The van der Waals surface area contributed by atoms with Gasteiger partial charge in [0.05, 0.1) is 10.3 Å². The van der Waals surface area contributed by atoms with E-state index >= 15 is 0 Å². The van der Waals surface area contributed by atoms with E-state index < -0.39 is 0 Å². The summed E-state index contributed by atoms with van der Waals surface area (Å²) in [7, 11) is 0. The molecular weight excluding hydrogens is 333 g/mol. The summed E-state index contributed by atoms with van der Waals surface area (Å²) in [6.07, 6.45) is 1.67. The number of aromatic nitrogens is 1. The van der Waals surface area contributed by atoms with E-state index in [4.69, 9.17) is 0 Å². The lowest BCUT2D eigenvalue weighted by Crippen LogP contribution is -2.15. The number of hydrogen-bond donors (Lipinski definition) is 0. The molecule has 1 aromatic heterocycles. The fraction of sp³-hybridized carbons (Fsp3) is 0.375. The molecule has 64 valence electrons. The fourth-order valence-electron chi connectivity index (χ4n) is 1.47. The highest BCUT2D eigenvalue weighted by Crippen LogP contribution is 2.27. The molecule has 4 heteroatoms. The quantitative estimate of drug-likeness (QED) is 0.666. The Morgan fingerprint density at radius 1 is 1.58 bits per heavy atom. The van der Waals surface area contributed by atoms with Crippen LogP contribution < -0.4 is 0 Å². The van der Waals surface area contributed by atoms with Gasteiger partial charge in [0.2, 0.25) is 0 Å². The number of hydrogen-bond acceptors (Lipinski definition) is 1. The van der Waals surface area contributed by atoms with Crippen molar-refractivity contribution in [1.29, 1.82) is 0 Å². The number of nitrogens with zero attached hydrogens (tertiary/aromatic N) is 1. The van der Waals surface area contributed by atoms with E-state index in [1.165, 1.54) is 0 Å². The van der Waals surface area contributed by atoms with Crippen molar-refractivity contribution in [2.24, 2.45) is 0 Å². The van der Waals surface area contributed by atoms with Crippen LogP contribution in [0.25, 0.3) is 0 Å². The molecule has 2 heterocycles. The first-order valence-corrected chi connectivity index (χ1v) is 5.65. The van der Waals surface area contributed by atoms with Crippen LogP contribution in [0, 0.1) is 3.57 Å². The molecule has 0 spiro atoms. The monoisotopic (exact) mass is 339 g/mol. The Kier molecular flexibility index (Phi) is 2.29.